The minimum absolute atomic E-state index is 0.200. The lowest BCUT2D eigenvalue weighted by atomic mass is 9.84. The van der Waals surface area contributed by atoms with E-state index in [2.05, 4.69) is 11.4 Å². The summed E-state index contributed by atoms with van der Waals surface area (Å²) in [5.41, 5.74) is 1.94. The molecule has 1 N–H and O–H groups in total. The second-order valence-electron chi connectivity index (χ2n) is 7.25. The monoisotopic (exact) mass is 356 g/mol. The standard InChI is InChI=1S/C20H21FN2O3/c1-2-20(8-7-17(24)22-19(20)26)23-11-16-14(12-5-3-4-6-12)9-13(21)10-15(16)18(23)25/h5,9-10H,2-4,6-8,11H2,1H3,(H,22,24,26). The number of nitrogens with one attached hydrogen (secondary N) is 1. The molecule has 1 aliphatic carbocycles. The molecule has 5 nitrogen and oxygen atoms in total. The first-order valence-corrected chi connectivity index (χ1v) is 9.14. The number of fused-ring (bicyclic) bond motifs is 1. The Balaban J connectivity index is 1.77. The maximum Gasteiger partial charge on any atom is 0.255 e. The normalized spacial score (nSPS) is 25.4. The van der Waals surface area contributed by atoms with Crippen molar-refractivity contribution in [2.45, 2.75) is 57.5 Å². The Kier molecular flexibility index (Phi) is 3.93. The number of allylic oxidation sites excluding steroid dienone is 2. The van der Waals surface area contributed by atoms with Crippen molar-refractivity contribution >= 4 is 23.3 Å². The predicted octanol–water partition coefficient (Wildman–Crippen LogP) is 2.93. The van der Waals surface area contributed by atoms with Crippen LogP contribution in [0.25, 0.3) is 5.57 Å². The second kappa shape index (κ2) is 6.04. The molecule has 1 aromatic carbocycles. The summed E-state index contributed by atoms with van der Waals surface area (Å²) >= 11 is 0. The van der Waals surface area contributed by atoms with E-state index in [1.807, 2.05) is 6.92 Å². The number of carbonyl (C=O) groups is 3. The quantitative estimate of drug-likeness (QED) is 0.847. The fourth-order valence-corrected chi connectivity index (χ4v) is 4.45. The smallest absolute Gasteiger partial charge is 0.255 e. The van der Waals surface area contributed by atoms with E-state index in [0.29, 0.717) is 18.4 Å². The van der Waals surface area contributed by atoms with Crippen molar-refractivity contribution in [3.63, 3.8) is 0 Å². The zero-order chi connectivity index (χ0) is 18.5. The molecule has 1 atom stereocenters. The number of halogens is 1. The molecule has 26 heavy (non-hydrogen) atoms. The van der Waals surface area contributed by atoms with Crippen molar-refractivity contribution < 1.29 is 18.8 Å². The predicted molar refractivity (Wildman–Crippen MR) is 93.5 cm³/mol. The highest BCUT2D eigenvalue weighted by Gasteiger charge is 2.51. The highest BCUT2D eigenvalue weighted by atomic mass is 19.1. The molecule has 2 aliphatic heterocycles. The van der Waals surface area contributed by atoms with Gasteiger partial charge in [0.05, 0.1) is 0 Å². The summed E-state index contributed by atoms with van der Waals surface area (Å²) in [7, 11) is 0. The lowest BCUT2D eigenvalue weighted by molar-refractivity contribution is -0.143. The zero-order valence-electron chi connectivity index (χ0n) is 14.7. The first-order valence-electron chi connectivity index (χ1n) is 9.14. The van der Waals surface area contributed by atoms with Gasteiger partial charge >= 0.3 is 0 Å². The Hall–Kier alpha value is -2.50. The molecule has 1 fully saturated rings. The summed E-state index contributed by atoms with van der Waals surface area (Å²) in [6, 6.07) is 2.77. The molecule has 3 amide bonds. The molecular formula is C20H21FN2O3. The second-order valence-corrected chi connectivity index (χ2v) is 7.25. The van der Waals surface area contributed by atoms with Gasteiger partial charge in [-0.05, 0) is 60.9 Å². The minimum Gasteiger partial charge on any atom is -0.320 e. The van der Waals surface area contributed by atoms with Crippen molar-refractivity contribution in [3.05, 3.63) is 40.7 Å². The molecule has 0 bridgehead atoms. The molecule has 0 spiro atoms. The number of rotatable bonds is 3. The van der Waals surface area contributed by atoms with E-state index in [0.717, 1.165) is 36.0 Å². The molecule has 0 radical (unpaired) electrons. The van der Waals surface area contributed by atoms with Crippen LogP contribution in [0, 0.1) is 5.82 Å². The first kappa shape index (κ1) is 16.9. The molecule has 1 aromatic rings. The van der Waals surface area contributed by atoms with Gasteiger partial charge in [0.1, 0.15) is 11.4 Å². The van der Waals surface area contributed by atoms with E-state index in [-0.39, 0.29) is 24.8 Å². The summed E-state index contributed by atoms with van der Waals surface area (Å²) < 4.78 is 14.2. The molecule has 0 aromatic heterocycles. The number of piperidine rings is 1. The van der Waals surface area contributed by atoms with E-state index >= 15 is 0 Å². The van der Waals surface area contributed by atoms with E-state index in [9.17, 15) is 18.8 Å². The fraction of sp³-hybridized carbons (Fsp3) is 0.450. The van der Waals surface area contributed by atoms with Crippen LogP contribution in [0.4, 0.5) is 4.39 Å². The Labute approximate surface area is 151 Å². The van der Waals surface area contributed by atoms with Crippen LogP contribution < -0.4 is 5.32 Å². The summed E-state index contributed by atoms with van der Waals surface area (Å²) in [4.78, 5) is 38.8. The number of carbonyl (C=O) groups excluding carboxylic acids is 3. The van der Waals surface area contributed by atoms with E-state index < -0.39 is 17.3 Å². The van der Waals surface area contributed by atoms with Crippen LogP contribution in [0.5, 0.6) is 0 Å². The van der Waals surface area contributed by atoms with Crippen LogP contribution in [-0.2, 0) is 16.1 Å². The van der Waals surface area contributed by atoms with Gasteiger partial charge in [0, 0.05) is 18.5 Å². The molecule has 3 aliphatic rings. The lowest BCUT2D eigenvalue weighted by Gasteiger charge is -2.41. The zero-order valence-corrected chi connectivity index (χ0v) is 14.7. The van der Waals surface area contributed by atoms with Gasteiger partial charge < -0.3 is 4.90 Å². The highest BCUT2D eigenvalue weighted by Crippen LogP contribution is 2.41. The largest absolute Gasteiger partial charge is 0.320 e. The Morgan fingerprint density at radius 3 is 2.62 bits per heavy atom. The average molecular weight is 356 g/mol. The molecule has 0 saturated carbocycles. The number of amides is 3. The first-order chi connectivity index (χ1) is 12.5. The van der Waals surface area contributed by atoms with Crippen molar-refractivity contribution in [1.82, 2.24) is 10.2 Å². The Morgan fingerprint density at radius 2 is 1.96 bits per heavy atom. The van der Waals surface area contributed by atoms with Crippen molar-refractivity contribution in [2.75, 3.05) is 0 Å². The van der Waals surface area contributed by atoms with Gasteiger partial charge in [-0.2, -0.15) is 0 Å². The summed E-state index contributed by atoms with van der Waals surface area (Å²) in [6.07, 6.45) is 5.87. The third kappa shape index (κ3) is 2.39. The van der Waals surface area contributed by atoms with Gasteiger partial charge in [-0.25, -0.2) is 4.39 Å². The lowest BCUT2D eigenvalue weighted by Crippen LogP contribution is -2.62. The summed E-state index contributed by atoms with van der Waals surface area (Å²) in [5, 5.41) is 2.37. The number of hydrogen-bond acceptors (Lipinski definition) is 3. The number of hydrogen-bond donors (Lipinski definition) is 1. The van der Waals surface area contributed by atoms with E-state index in [1.54, 1.807) is 0 Å². The van der Waals surface area contributed by atoms with Gasteiger partial charge in [-0.3, -0.25) is 19.7 Å². The van der Waals surface area contributed by atoms with Crippen LogP contribution in [0.15, 0.2) is 18.2 Å². The van der Waals surface area contributed by atoms with Crippen LogP contribution in [0.2, 0.25) is 0 Å². The van der Waals surface area contributed by atoms with Crippen LogP contribution >= 0.6 is 0 Å². The maximum absolute atomic E-state index is 14.2. The minimum atomic E-state index is -1.05. The molecule has 1 unspecified atom stereocenters. The molecule has 1 saturated heterocycles. The highest BCUT2D eigenvalue weighted by molar-refractivity contribution is 6.08. The maximum atomic E-state index is 14.2. The van der Waals surface area contributed by atoms with Gasteiger partial charge in [0.25, 0.3) is 11.8 Å². The van der Waals surface area contributed by atoms with Gasteiger partial charge in [0.2, 0.25) is 5.91 Å². The number of benzene rings is 1. The van der Waals surface area contributed by atoms with E-state index in [4.69, 9.17) is 0 Å². The van der Waals surface area contributed by atoms with Gasteiger partial charge in [-0.1, -0.05) is 13.0 Å². The molecule has 6 heteroatoms. The Bertz CT molecular complexity index is 861. The number of imide groups is 1. The molecule has 4 rings (SSSR count). The van der Waals surface area contributed by atoms with E-state index in [1.165, 1.54) is 17.0 Å². The average Bonchev–Trinajstić information content (AvgIpc) is 3.25. The topological polar surface area (TPSA) is 66.5 Å². The SMILES string of the molecule is CCC1(N2Cc3c(cc(F)cc3C3=CCCC3)C2=O)CCC(=O)NC1=O. The summed E-state index contributed by atoms with van der Waals surface area (Å²) in [6.45, 7) is 2.11. The molecule has 136 valence electrons. The van der Waals surface area contributed by atoms with Crippen molar-refractivity contribution in [2.24, 2.45) is 0 Å². The van der Waals surface area contributed by atoms with Crippen molar-refractivity contribution in [1.29, 1.82) is 0 Å². The van der Waals surface area contributed by atoms with Crippen LogP contribution in [-0.4, -0.2) is 28.2 Å². The van der Waals surface area contributed by atoms with Gasteiger partial charge in [-0.15, -0.1) is 0 Å². The third-order valence-electron chi connectivity index (χ3n) is 5.94. The third-order valence-corrected chi connectivity index (χ3v) is 5.94. The van der Waals surface area contributed by atoms with Crippen molar-refractivity contribution in [3.8, 4) is 0 Å². The number of nitrogens with zero attached hydrogens (tertiary/aromatic N) is 1. The van der Waals surface area contributed by atoms with Crippen LogP contribution in [0.1, 0.15) is 66.9 Å². The summed E-state index contributed by atoms with van der Waals surface area (Å²) in [5.74, 6) is -1.51. The Morgan fingerprint density at radius 1 is 1.19 bits per heavy atom. The van der Waals surface area contributed by atoms with Gasteiger partial charge in [0.15, 0.2) is 0 Å². The van der Waals surface area contributed by atoms with Crippen LogP contribution in [0.3, 0.4) is 0 Å². The fourth-order valence-electron chi connectivity index (χ4n) is 4.45. The molecule has 2 heterocycles. The molecular weight excluding hydrogens is 335 g/mol.